The lowest BCUT2D eigenvalue weighted by molar-refractivity contribution is -0.134. The van der Waals surface area contributed by atoms with Crippen LogP contribution in [0.2, 0.25) is 0 Å². The number of benzene rings is 2. The van der Waals surface area contributed by atoms with Gasteiger partial charge in [-0.3, -0.25) is 24.1 Å². The number of hydrogen-bond donors (Lipinski definition) is 3. The summed E-state index contributed by atoms with van der Waals surface area (Å²) in [5.41, 5.74) is 7.44. The second-order valence-electron chi connectivity index (χ2n) is 11.8. The number of rotatable bonds is 16. The molecular weight excluding hydrogens is 564 g/mol. The van der Waals surface area contributed by atoms with Crippen LogP contribution < -0.4 is 21.1 Å². The second-order valence-corrected chi connectivity index (χ2v) is 11.8. The number of amides is 2. The molecule has 2 amide bonds. The number of morpholine rings is 1. The molecule has 2 fully saturated rings. The predicted molar refractivity (Wildman–Crippen MR) is 164 cm³/mol. The summed E-state index contributed by atoms with van der Waals surface area (Å²) in [6.45, 7) is 6.65. The Labute approximate surface area is 258 Å². The van der Waals surface area contributed by atoms with Crippen molar-refractivity contribution in [1.29, 1.82) is 0 Å². The molecule has 2 heterocycles. The van der Waals surface area contributed by atoms with Gasteiger partial charge in [-0.05, 0) is 55.5 Å². The van der Waals surface area contributed by atoms with Gasteiger partial charge in [-0.25, -0.2) is 0 Å². The van der Waals surface area contributed by atoms with Gasteiger partial charge in [-0.15, -0.1) is 0 Å². The third-order valence-electron chi connectivity index (χ3n) is 8.22. The Hall–Kier alpha value is -3.64. The number of methoxy groups -OCH3 is 1. The third kappa shape index (κ3) is 9.43. The van der Waals surface area contributed by atoms with E-state index in [4.69, 9.17) is 19.9 Å². The van der Waals surface area contributed by atoms with E-state index in [1.165, 1.54) is 0 Å². The van der Waals surface area contributed by atoms with Crippen LogP contribution in [0.4, 0.5) is 0 Å². The SMILES string of the molecule is COc1ccc(C[C@H](CC(=O)[C@H](C)NC(=O)CN2CCOCC2)C(=O)N[C@@H](Cc2ccc(CN)cc2)C(=O)[C@@]2(C)CO2)cc1. The molecule has 2 aliphatic rings. The van der Waals surface area contributed by atoms with Crippen LogP contribution in [0.5, 0.6) is 5.75 Å². The minimum absolute atomic E-state index is 0.114. The number of nitrogens with zero attached hydrogens (tertiary/aromatic N) is 1. The maximum atomic E-state index is 13.9. The standard InChI is InChI=1S/C33H44N4O7/c1-22(35-30(39)20-37-12-14-43-15-13-37)29(38)18-26(16-23-8-10-27(42-3)11-9-23)32(41)36-28(31(40)33(2)21-44-33)17-24-4-6-25(19-34)7-5-24/h4-11,22,26,28H,12-21,34H2,1-3H3,(H,35,39)(H,36,41)/t22-,26+,28-,33+/m0/s1. The zero-order valence-corrected chi connectivity index (χ0v) is 25.8. The van der Waals surface area contributed by atoms with Gasteiger partial charge in [-0.1, -0.05) is 36.4 Å². The van der Waals surface area contributed by atoms with E-state index < -0.39 is 29.5 Å². The van der Waals surface area contributed by atoms with E-state index in [1.807, 2.05) is 41.3 Å². The van der Waals surface area contributed by atoms with Crippen LogP contribution >= 0.6 is 0 Å². The fraction of sp³-hybridized carbons (Fsp3) is 0.515. The van der Waals surface area contributed by atoms with Crippen LogP contribution in [-0.2, 0) is 48.0 Å². The number of carbonyl (C=O) groups excluding carboxylic acids is 4. The van der Waals surface area contributed by atoms with Crippen LogP contribution in [0.25, 0.3) is 0 Å². The van der Waals surface area contributed by atoms with Crippen molar-refractivity contribution in [1.82, 2.24) is 15.5 Å². The fourth-order valence-electron chi connectivity index (χ4n) is 5.22. The lowest BCUT2D eigenvalue weighted by Crippen LogP contribution is -2.50. The van der Waals surface area contributed by atoms with Crippen LogP contribution in [-0.4, -0.2) is 92.5 Å². The number of carbonyl (C=O) groups is 4. The largest absolute Gasteiger partial charge is 0.497 e. The van der Waals surface area contributed by atoms with Gasteiger partial charge in [0.05, 0.1) is 45.6 Å². The highest BCUT2D eigenvalue weighted by molar-refractivity contribution is 5.98. The highest BCUT2D eigenvalue weighted by Crippen LogP contribution is 2.29. The molecular formula is C33H44N4O7. The second kappa shape index (κ2) is 15.4. The average Bonchev–Trinajstić information content (AvgIpc) is 3.79. The minimum Gasteiger partial charge on any atom is -0.497 e. The van der Waals surface area contributed by atoms with Crippen molar-refractivity contribution in [3.63, 3.8) is 0 Å². The summed E-state index contributed by atoms with van der Waals surface area (Å²) in [5.74, 6) is -1.27. The van der Waals surface area contributed by atoms with Gasteiger partial charge >= 0.3 is 0 Å². The van der Waals surface area contributed by atoms with E-state index in [2.05, 4.69) is 10.6 Å². The van der Waals surface area contributed by atoms with Crippen molar-refractivity contribution in [3.8, 4) is 5.75 Å². The highest BCUT2D eigenvalue weighted by atomic mass is 16.6. The molecule has 4 rings (SSSR count). The van der Waals surface area contributed by atoms with E-state index in [9.17, 15) is 19.2 Å². The first-order valence-corrected chi connectivity index (χ1v) is 15.1. The molecule has 2 aliphatic heterocycles. The van der Waals surface area contributed by atoms with E-state index in [-0.39, 0.29) is 43.3 Å². The molecule has 0 unspecified atom stereocenters. The summed E-state index contributed by atoms with van der Waals surface area (Å²) >= 11 is 0. The molecule has 0 aromatic heterocycles. The molecule has 0 radical (unpaired) electrons. The molecule has 0 spiro atoms. The number of nitrogens with one attached hydrogen (secondary N) is 2. The van der Waals surface area contributed by atoms with Crippen molar-refractivity contribution in [3.05, 3.63) is 65.2 Å². The van der Waals surface area contributed by atoms with Crippen LogP contribution in [0.15, 0.2) is 48.5 Å². The van der Waals surface area contributed by atoms with Gasteiger partial charge in [0.25, 0.3) is 0 Å². The highest BCUT2D eigenvalue weighted by Gasteiger charge is 2.50. The van der Waals surface area contributed by atoms with Crippen LogP contribution in [0.1, 0.15) is 37.0 Å². The molecule has 4 atom stereocenters. The Morgan fingerprint density at radius 3 is 2.14 bits per heavy atom. The van der Waals surface area contributed by atoms with Crippen molar-refractivity contribution in [2.24, 2.45) is 11.7 Å². The van der Waals surface area contributed by atoms with Crippen LogP contribution in [0, 0.1) is 5.92 Å². The van der Waals surface area contributed by atoms with E-state index in [0.717, 1.165) is 16.7 Å². The lowest BCUT2D eigenvalue weighted by atomic mass is 9.89. The summed E-state index contributed by atoms with van der Waals surface area (Å²) in [7, 11) is 1.57. The third-order valence-corrected chi connectivity index (χ3v) is 8.22. The Balaban J connectivity index is 1.47. The number of ether oxygens (including phenoxy) is 3. The Bertz CT molecular complexity index is 1290. The van der Waals surface area contributed by atoms with Crippen molar-refractivity contribution in [2.45, 2.75) is 57.3 Å². The predicted octanol–water partition coefficient (Wildman–Crippen LogP) is 1.19. The molecule has 0 bridgehead atoms. The monoisotopic (exact) mass is 608 g/mol. The van der Waals surface area contributed by atoms with Gasteiger partial charge in [0, 0.05) is 32.0 Å². The molecule has 44 heavy (non-hydrogen) atoms. The molecule has 0 saturated carbocycles. The first-order chi connectivity index (χ1) is 21.1. The van der Waals surface area contributed by atoms with Crippen molar-refractivity contribution < 1.29 is 33.4 Å². The molecule has 11 nitrogen and oxygen atoms in total. The van der Waals surface area contributed by atoms with E-state index >= 15 is 0 Å². The number of nitrogens with two attached hydrogens (primary N) is 1. The number of Topliss-reactive ketones (excluding diaryl/α,β-unsaturated/α-hetero) is 2. The minimum atomic E-state index is -0.949. The Kier molecular flexibility index (Phi) is 11.6. The number of ketones is 2. The van der Waals surface area contributed by atoms with E-state index in [1.54, 1.807) is 33.1 Å². The molecule has 238 valence electrons. The molecule has 2 saturated heterocycles. The molecule has 4 N–H and O–H groups in total. The normalized spacial score (nSPS) is 20.2. The average molecular weight is 609 g/mol. The first kappa shape index (κ1) is 33.3. The Morgan fingerprint density at radius 2 is 1.55 bits per heavy atom. The summed E-state index contributed by atoms with van der Waals surface area (Å²) in [6.07, 6.45) is 0.415. The zero-order valence-electron chi connectivity index (χ0n) is 25.8. The summed E-state index contributed by atoms with van der Waals surface area (Å²) in [5, 5.41) is 5.73. The number of epoxide rings is 1. The first-order valence-electron chi connectivity index (χ1n) is 15.1. The van der Waals surface area contributed by atoms with Crippen LogP contribution in [0.3, 0.4) is 0 Å². The summed E-state index contributed by atoms with van der Waals surface area (Å²) in [4.78, 5) is 55.3. The van der Waals surface area contributed by atoms with Gasteiger partial charge in [0.1, 0.15) is 11.4 Å². The van der Waals surface area contributed by atoms with Gasteiger partial charge in [-0.2, -0.15) is 0 Å². The molecule has 2 aromatic carbocycles. The maximum Gasteiger partial charge on any atom is 0.234 e. The van der Waals surface area contributed by atoms with Crippen molar-refractivity contribution in [2.75, 3.05) is 46.6 Å². The fourth-order valence-corrected chi connectivity index (χ4v) is 5.22. The molecule has 0 aliphatic carbocycles. The topological polar surface area (TPSA) is 153 Å². The lowest BCUT2D eigenvalue weighted by Gasteiger charge is -2.27. The summed E-state index contributed by atoms with van der Waals surface area (Å²) < 4.78 is 16.0. The van der Waals surface area contributed by atoms with Gasteiger partial charge < -0.3 is 30.6 Å². The summed E-state index contributed by atoms with van der Waals surface area (Å²) in [6, 6.07) is 13.2. The smallest absolute Gasteiger partial charge is 0.234 e. The quantitative estimate of drug-likeness (QED) is 0.239. The Morgan fingerprint density at radius 1 is 0.955 bits per heavy atom. The van der Waals surface area contributed by atoms with Crippen molar-refractivity contribution >= 4 is 23.4 Å². The maximum absolute atomic E-state index is 13.9. The molecule has 2 aromatic rings. The zero-order chi connectivity index (χ0) is 31.7. The van der Waals surface area contributed by atoms with Gasteiger partial charge in [0.2, 0.25) is 11.8 Å². The van der Waals surface area contributed by atoms with E-state index in [0.29, 0.717) is 45.2 Å². The molecule has 11 heteroatoms. The number of hydrogen-bond acceptors (Lipinski definition) is 9. The van der Waals surface area contributed by atoms with Gasteiger partial charge in [0.15, 0.2) is 11.6 Å².